The quantitative estimate of drug-likeness (QED) is 0.854. The number of anilines is 1. The molecule has 0 aliphatic heterocycles. The highest BCUT2D eigenvalue weighted by atomic mass is 79.9. The van der Waals surface area contributed by atoms with Crippen LogP contribution >= 0.6 is 27.3 Å². The fourth-order valence-electron chi connectivity index (χ4n) is 1.59. The van der Waals surface area contributed by atoms with Crippen LogP contribution in [0.4, 0.5) is 10.1 Å². The molecule has 1 heterocycles. The van der Waals surface area contributed by atoms with Gasteiger partial charge < -0.3 is 10.5 Å². The first-order valence-electron chi connectivity index (χ1n) is 5.55. The molecule has 0 aliphatic carbocycles. The fraction of sp³-hybridized carbons (Fsp3) is 0.154. The van der Waals surface area contributed by atoms with Gasteiger partial charge >= 0.3 is 5.97 Å². The van der Waals surface area contributed by atoms with Crippen LogP contribution in [0.15, 0.2) is 28.7 Å². The second-order valence-corrected chi connectivity index (χ2v) is 5.62. The van der Waals surface area contributed by atoms with Crippen molar-refractivity contribution in [2.75, 3.05) is 12.3 Å². The molecule has 19 heavy (non-hydrogen) atoms. The van der Waals surface area contributed by atoms with Crippen LogP contribution in [0.5, 0.6) is 0 Å². The first-order chi connectivity index (χ1) is 9.04. The molecule has 0 saturated heterocycles. The van der Waals surface area contributed by atoms with Gasteiger partial charge in [-0.05, 0) is 35.0 Å². The lowest BCUT2D eigenvalue weighted by atomic mass is 10.2. The number of ether oxygens (including phenoxy) is 1. The van der Waals surface area contributed by atoms with E-state index in [0.29, 0.717) is 25.5 Å². The van der Waals surface area contributed by atoms with Crippen molar-refractivity contribution < 1.29 is 13.9 Å². The SMILES string of the molecule is CCOC(=O)c1sc(-c2cccc(Br)c2F)cc1N. The number of benzene rings is 1. The maximum Gasteiger partial charge on any atom is 0.350 e. The monoisotopic (exact) mass is 343 g/mol. The van der Waals surface area contributed by atoms with Crippen molar-refractivity contribution in [3.05, 3.63) is 39.4 Å². The number of halogens is 2. The second kappa shape index (κ2) is 5.71. The lowest BCUT2D eigenvalue weighted by molar-refractivity contribution is 0.0533. The number of rotatable bonds is 3. The summed E-state index contributed by atoms with van der Waals surface area (Å²) in [5.41, 5.74) is 6.48. The number of carbonyl (C=O) groups is 1. The number of thiophene rings is 1. The van der Waals surface area contributed by atoms with Crippen LogP contribution in [0.2, 0.25) is 0 Å². The average Bonchev–Trinajstić information content (AvgIpc) is 2.75. The summed E-state index contributed by atoms with van der Waals surface area (Å²) in [6, 6.07) is 6.56. The van der Waals surface area contributed by atoms with Gasteiger partial charge in [-0.3, -0.25) is 0 Å². The zero-order valence-corrected chi connectivity index (χ0v) is 12.5. The summed E-state index contributed by atoms with van der Waals surface area (Å²) in [5, 5.41) is 0. The fourth-order valence-corrected chi connectivity index (χ4v) is 2.95. The lowest BCUT2D eigenvalue weighted by Crippen LogP contribution is -2.04. The Balaban J connectivity index is 2.45. The molecule has 0 amide bonds. The maximum atomic E-state index is 14.0. The molecule has 2 rings (SSSR count). The molecule has 6 heteroatoms. The molecule has 0 spiro atoms. The Kier molecular flexibility index (Phi) is 4.21. The Morgan fingerprint density at radius 1 is 1.53 bits per heavy atom. The summed E-state index contributed by atoms with van der Waals surface area (Å²) < 4.78 is 19.3. The number of esters is 1. The van der Waals surface area contributed by atoms with Gasteiger partial charge in [-0.1, -0.05) is 12.1 Å². The number of hydrogen-bond acceptors (Lipinski definition) is 4. The Bertz CT molecular complexity index is 627. The molecular formula is C13H11BrFNO2S. The molecule has 0 saturated carbocycles. The normalized spacial score (nSPS) is 10.5. The third kappa shape index (κ3) is 2.79. The summed E-state index contributed by atoms with van der Waals surface area (Å²) in [5.74, 6) is -0.856. The third-order valence-electron chi connectivity index (χ3n) is 2.44. The molecule has 0 bridgehead atoms. The van der Waals surface area contributed by atoms with Crippen LogP contribution in [0.1, 0.15) is 16.6 Å². The van der Waals surface area contributed by atoms with Crippen LogP contribution in [0.3, 0.4) is 0 Å². The molecule has 0 aliphatic rings. The minimum atomic E-state index is -0.480. The van der Waals surface area contributed by atoms with Crippen molar-refractivity contribution in [1.82, 2.24) is 0 Å². The number of carbonyl (C=O) groups excluding carboxylic acids is 1. The van der Waals surface area contributed by atoms with E-state index in [1.54, 1.807) is 31.2 Å². The third-order valence-corrected chi connectivity index (χ3v) is 4.22. The topological polar surface area (TPSA) is 52.3 Å². The van der Waals surface area contributed by atoms with Gasteiger partial charge in [-0.25, -0.2) is 9.18 Å². The van der Waals surface area contributed by atoms with Crippen LogP contribution in [0, 0.1) is 5.82 Å². The molecule has 0 atom stereocenters. The number of nitrogen functional groups attached to an aromatic ring is 1. The van der Waals surface area contributed by atoms with Crippen LogP contribution in [0.25, 0.3) is 10.4 Å². The average molecular weight is 344 g/mol. The lowest BCUT2D eigenvalue weighted by Gasteiger charge is -2.01. The molecule has 0 radical (unpaired) electrons. The Hall–Kier alpha value is -1.40. The van der Waals surface area contributed by atoms with E-state index in [2.05, 4.69) is 15.9 Å². The summed E-state index contributed by atoms with van der Waals surface area (Å²) in [6.07, 6.45) is 0. The van der Waals surface area contributed by atoms with Crippen molar-refractivity contribution in [3.63, 3.8) is 0 Å². The van der Waals surface area contributed by atoms with Gasteiger partial charge in [-0.2, -0.15) is 0 Å². The van der Waals surface area contributed by atoms with Gasteiger partial charge in [0.25, 0.3) is 0 Å². The predicted molar refractivity (Wildman–Crippen MR) is 77.8 cm³/mol. The van der Waals surface area contributed by atoms with E-state index >= 15 is 0 Å². The molecule has 0 fully saturated rings. The molecule has 3 nitrogen and oxygen atoms in total. The van der Waals surface area contributed by atoms with Crippen molar-refractivity contribution in [3.8, 4) is 10.4 Å². The molecule has 1 aromatic carbocycles. The number of hydrogen-bond donors (Lipinski definition) is 1. The smallest absolute Gasteiger partial charge is 0.350 e. The van der Waals surface area contributed by atoms with Crippen LogP contribution < -0.4 is 5.73 Å². The van der Waals surface area contributed by atoms with E-state index in [4.69, 9.17) is 10.5 Å². The summed E-state index contributed by atoms with van der Waals surface area (Å²) in [7, 11) is 0. The minimum Gasteiger partial charge on any atom is -0.462 e. The van der Waals surface area contributed by atoms with Crippen molar-refractivity contribution in [2.24, 2.45) is 0 Å². The van der Waals surface area contributed by atoms with E-state index in [9.17, 15) is 9.18 Å². The van der Waals surface area contributed by atoms with E-state index in [1.807, 2.05) is 0 Å². The standard InChI is InChI=1S/C13H11BrFNO2S/c1-2-18-13(17)12-9(16)6-10(19-12)7-4-3-5-8(14)11(7)15/h3-6H,2,16H2,1H3. The van der Waals surface area contributed by atoms with Gasteiger partial charge in [0.15, 0.2) is 0 Å². The number of nitrogens with two attached hydrogens (primary N) is 1. The first kappa shape index (κ1) is 14.0. The zero-order valence-electron chi connectivity index (χ0n) is 10.1. The van der Waals surface area contributed by atoms with E-state index < -0.39 is 5.97 Å². The van der Waals surface area contributed by atoms with Gasteiger partial charge in [0.1, 0.15) is 10.7 Å². The van der Waals surface area contributed by atoms with Crippen molar-refractivity contribution in [2.45, 2.75) is 6.92 Å². The highest BCUT2D eigenvalue weighted by Crippen LogP contribution is 2.36. The molecule has 2 N–H and O–H groups in total. The van der Waals surface area contributed by atoms with Crippen molar-refractivity contribution in [1.29, 1.82) is 0 Å². The van der Waals surface area contributed by atoms with Crippen LogP contribution in [-0.4, -0.2) is 12.6 Å². The highest BCUT2D eigenvalue weighted by Gasteiger charge is 2.18. The van der Waals surface area contributed by atoms with Gasteiger partial charge in [0.05, 0.1) is 16.8 Å². The maximum absolute atomic E-state index is 14.0. The zero-order chi connectivity index (χ0) is 14.0. The first-order valence-corrected chi connectivity index (χ1v) is 7.16. The van der Waals surface area contributed by atoms with E-state index in [1.165, 1.54) is 0 Å². The Morgan fingerprint density at radius 2 is 2.26 bits per heavy atom. The molecular weight excluding hydrogens is 333 g/mol. The molecule has 2 aromatic rings. The largest absolute Gasteiger partial charge is 0.462 e. The van der Waals surface area contributed by atoms with Gasteiger partial charge in [0, 0.05) is 10.4 Å². The summed E-state index contributed by atoms with van der Waals surface area (Å²) >= 11 is 4.25. The van der Waals surface area contributed by atoms with E-state index in [0.717, 1.165) is 11.3 Å². The Labute approximate surface area is 122 Å². The van der Waals surface area contributed by atoms with Crippen LogP contribution in [-0.2, 0) is 4.74 Å². The predicted octanol–water partition coefficient (Wildman–Crippen LogP) is 4.08. The van der Waals surface area contributed by atoms with Gasteiger partial charge in [-0.15, -0.1) is 11.3 Å². The van der Waals surface area contributed by atoms with Gasteiger partial charge in [0.2, 0.25) is 0 Å². The highest BCUT2D eigenvalue weighted by molar-refractivity contribution is 9.10. The molecule has 0 unspecified atom stereocenters. The minimum absolute atomic E-state index is 0.275. The Morgan fingerprint density at radius 3 is 2.95 bits per heavy atom. The summed E-state index contributed by atoms with van der Waals surface area (Å²) in [4.78, 5) is 12.6. The van der Waals surface area contributed by atoms with Crippen molar-refractivity contribution >= 4 is 38.9 Å². The molecule has 1 aromatic heterocycles. The molecule has 100 valence electrons. The van der Waals surface area contributed by atoms with E-state index in [-0.39, 0.29) is 12.4 Å². The summed E-state index contributed by atoms with van der Waals surface area (Å²) in [6.45, 7) is 1.99. The second-order valence-electron chi connectivity index (χ2n) is 3.72.